The number of carbonyl (C=O) groups is 2. The molecule has 1 aliphatic carbocycles. The largest absolute Gasteiger partial charge is 0.511 e. The Balaban J connectivity index is 3.06. The van der Waals surface area contributed by atoms with Crippen LogP contribution in [-0.2, 0) is 9.59 Å². The van der Waals surface area contributed by atoms with Crippen LogP contribution >= 0.6 is 0 Å². The van der Waals surface area contributed by atoms with E-state index >= 15 is 0 Å². The molecule has 1 aliphatic rings. The molecule has 0 saturated carbocycles. The Kier molecular flexibility index (Phi) is 10.3. The third-order valence-electron chi connectivity index (χ3n) is 5.98. The highest BCUT2D eigenvalue weighted by Gasteiger charge is 2.44. The predicted molar refractivity (Wildman–Crippen MR) is 123 cm³/mol. The van der Waals surface area contributed by atoms with Gasteiger partial charge in [0.05, 0.1) is 5.41 Å². The molecule has 0 spiro atoms. The number of ketones is 1. The van der Waals surface area contributed by atoms with Crippen LogP contribution in [0.1, 0.15) is 86.5 Å². The lowest BCUT2D eigenvalue weighted by atomic mass is 9.70. The Labute approximate surface area is 182 Å². The van der Waals surface area contributed by atoms with Gasteiger partial charge >= 0.3 is 0 Å². The number of rotatable bonds is 12. The van der Waals surface area contributed by atoms with Crippen LogP contribution in [0.3, 0.4) is 0 Å². The van der Waals surface area contributed by atoms with E-state index in [4.69, 9.17) is 0 Å². The number of hydrogen-bond donors (Lipinski definition) is 2. The molecule has 1 rings (SSSR count). The average Bonchev–Trinajstić information content (AvgIpc) is 2.66. The van der Waals surface area contributed by atoms with Crippen LogP contribution in [0.15, 0.2) is 46.5 Å². The second-order valence-electron chi connectivity index (χ2n) is 9.46. The topological polar surface area (TPSA) is 74.6 Å². The highest BCUT2D eigenvalue weighted by atomic mass is 16.3. The van der Waals surface area contributed by atoms with Crippen molar-refractivity contribution in [3.8, 4) is 0 Å². The standard InChI is InChI=1S/C26H40O4/c1-18(2)12-14-26(15-13-19(3)4)24(29)16-23(28)22(25(26)30)11-10-20(5)8-7-9-21(6)17-27/h12-13,16-17,20-21,28,30H,7-11,14-15H2,1-6H3. The normalized spacial score (nSPS) is 17.8. The summed E-state index contributed by atoms with van der Waals surface area (Å²) in [5.74, 6) is 0.159. The molecule has 0 bridgehead atoms. The van der Waals surface area contributed by atoms with Crippen molar-refractivity contribution in [2.24, 2.45) is 17.3 Å². The maximum Gasteiger partial charge on any atom is 0.173 e. The summed E-state index contributed by atoms with van der Waals surface area (Å²) >= 11 is 0. The number of hydrogen-bond acceptors (Lipinski definition) is 4. The third kappa shape index (κ3) is 7.30. The smallest absolute Gasteiger partial charge is 0.173 e. The second kappa shape index (κ2) is 11.9. The first-order chi connectivity index (χ1) is 14.0. The molecular formula is C26H40O4. The van der Waals surface area contributed by atoms with E-state index in [0.29, 0.717) is 30.8 Å². The molecule has 4 nitrogen and oxygen atoms in total. The Morgan fingerprint density at radius 1 is 1.00 bits per heavy atom. The average molecular weight is 417 g/mol. The highest BCUT2D eigenvalue weighted by Crippen LogP contribution is 2.44. The highest BCUT2D eigenvalue weighted by molar-refractivity contribution is 5.99. The fraction of sp³-hybridized carbons (Fsp3) is 0.615. The molecule has 0 amide bonds. The van der Waals surface area contributed by atoms with E-state index in [0.717, 1.165) is 43.1 Å². The molecule has 0 heterocycles. The van der Waals surface area contributed by atoms with Gasteiger partial charge < -0.3 is 15.0 Å². The molecule has 30 heavy (non-hydrogen) atoms. The zero-order valence-electron chi connectivity index (χ0n) is 19.6. The summed E-state index contributed by atoms with van der Waals surface area (Å²) < 4.78 is 0. The van der Waals surface area contributed by atoms with Gasteiger partial charge in [-0.05, 0) is 65.7 Å². The van der Waals surface area contributed by atoms with E-state index in [9.17, 15) is 19.8 Å². The van der Waals surface area contributed by atoms with Gasteiger partial charge in [-0.2, -0.15) is 0 Å². The molecule has 2 atom stereocenters. The minimum Gasteiger partial charge on any atom is -0.511 e. The summed E-state index contributed by atoms with van der Waals surface area (Å²) in [6.45, 7) is 12.0. The monoisotopic (exact) mass is 416 g/mol. The van der Waals surface area contributed by atoms with Crippen LogP contribution in [0.25, 0.3) is 0 Å². The molecule has 2 unspecified atom stereocenters. The Hall–Kier alpha value is -2.10. The third-order valence-corrected chi connectivity index (χ3v) is 5.98. The molecule has 4 heteroatoms. The van der Waals surface area contributed by atoms with Crippen LogP contribution in [0.4, 0.5) is 0 Å². The van der Waals surface area contributed by atoms with Crippen molar-refractivity contribution in [3.63, 3.8) is 0 Å². The van der Waals surface area contributed by atoms with E-state index < -0.39 is 5.41 Å². The first kappa shape index (κ1) is 25.9. The minimum atomic E-state index is -1.04. The lowest BCUT2D eigenvalue weighted by Crippen LogP contribution is -2.35. The van der Waals surface area contributed by atoms with Crippen molar-refractivity contribution in [1.82, 2.24) is 0 Å². The number of carbonyl (C=O) groups excluding carboxylic acids is 2. The van der Waals surface area contributed by atoms with Gasteiger partial charge in [-0.15, -0.1) is 0 Å². The van der Waals surface area contributed by atoms with Crippen LogP contribution < -0.4 is 0 Å². The maximum atomic E-state index is 13.0. The van der Waals surface area contributed by atoms with Crippen molar-refractivity contribution in [2.45, 2.75) is 86.5 Å². The first-order valence-corrected chi connectivity index (χ1v) is 11.1. The number of allylic oxidation sites excluding steroid dienone is 7. The second-order valence-corrected chi connectivity index (χ2v) is 9.46. The van der Waals surface area contributed by atoms with E-state index in [1.165, 1.54) is 6.08 Å². The van der Waals surface area contributed by atoms with Crippen molar-refractivity contribution in [2.75, 3.05) is 0 Å². The van der Waals surface area contributed by atoms with Crippen LogP contribution in [-0.4, -0.2) is 22.3 Å². The van der Waals surface area contributed by atoms with Crippen molar-refractivity contribution < 1.29 is 19.8 Å². The van der Waals surface area contributed by atoms with Crippen LogP contribution in [0.2, 0.25) is 0 Å². The zero-order chi connectivity index (χ0) is 22.9. The molecule has 0 aromatic heterocycles. The summed E-state index contributed by atoms with van der Waals surface area (Å²) in [5.41, 5.74) is 1.63. The Bertz CT molecular complexity index is 708. The van der Waals surface area contributed by atoms with Gasteiger partial charge in [-0.1, -0.05) is 50.0 Å². The van der Waals surface area contributed by atoms with Crippen LogP contribution in [0.5, 0.6) is 0 Å². The Morgan fingerprint density at radius 3 is 2.07 bits per heavy atom. The van der Waals surface area contributed by atoms with E-state index in [-0.39, 0.29) is 23.2 Å². The Morgan fingerprint density at radius 2 is 1.57 bits per heavy atom. The first-order valence-electron chi connectivity index (χ1n) is 11.1. The van der Waals surface area contributed by atoms with Gasteiger partial charge in [0, 0.05) is 17.6 Å². The molecule has 2 N–H and O–H groups in total. The quantitative estimate of drug-likeness (QED) is 0.267. The van der Waals surface area contributed by atoms with Gasteiger partial charge in [0.25, 0.3) is 0 Å². The molecule has 0 aromatic carbocycles. The molecule has 168 valence electrons. The molecule has 0 radical (unpaired) electrons. The zero-order valence-corrected chi connectivity index (χ0v) is 19.6. The number of aliphatic hydroxyl groups excluding tert-OH is 2. The predicted octanol–water partition coefficient (Wildman–Crippen LogP) is 6.94. The summed E-state index contributed by atoms with van der Waals surface area (Å²) in [7, 11) is 0. The lowest BCUT2D eigenvalue weighted by Gasteiger charge is -2.34. The molecule has 0 aliphatic heterocycles. The summed E-state index contributed by atoms with van der Waals surface area (Å²) in [6.07, 6.45) is 11.3. The maximum absolute atomic E-state index is 13.0. The fourth-order valence-electron chi connectivity index (χ4n) is 3.75. The van der Waals surface area contributed by atoms with Gasteiger partial charge in [0.15, 0.2) is 5.78 Å². The van der Waals surface area contributed by atoms with E-state index in [1.54, 1.807) is 0 Å². The molecule has 0 aromatic rings. The van der Waals surface area contributed by atoms with E-state index in [1.807, 2.05) is 46.8 Å². The van der Waals surface area contributed by atoms with Gasteiger partial charge in [0.1, 0.15) is 17.8 Å². The number of aldehydes is 1. The SMILES string of the molecule is CC(C)=CCC1(CC=C(C)C)C(=O)C=C(O)C(CCC(C)CCCC(C)C=O)=C1O. The van der Waals surface area contributed by atoms with Crippen molar-refractivity contribution >= 4 is 12.1 Å². The van der Waals surface area contributed by atoms with Crippen molar-refractivity contribution in [3.05, 3.63) is 46.5 Å². The van der Waals surface area contributed by atoms with Crippen molar-refractivity contribution in [1.29, 1.82) is 0 Å². The summed E-state index contributed by atoms with van der Waals surface area (Å²) in [6, 6.07) is 0. The molecular weight excluding hydrogens is 376 g/mol. The molecule has 0 fully saturated rings. The summed E-state index contributed by atoms with van der Waals surface area (Å²) in [4.78, 5) is 23.7. The van der Waals surface area contributed by atoms with Crippen LogP contribution in [0, 0.1) is 17.3 Å². The van der Waals surface area contributed by atoms with E-state index in [2.05, 4.69) is 6.92 Å². The molecule has 0 saturated heterocycles. The minimum absolute atomic E-state index is 0.0178. The van der Waals surface area contributed by atoms with Gasteiger partial charge in [-0.3, -0.25) is 4.79 Å². The summed E-state index contributed by atoms with van der Waals surface area (Å²) in [5, 5.41) is 21.6. The lowest BCUT2D eigenvalue weighted by molar-refractivity contribution is -0.123. The van der Waals surface area contributed by atoms with Gasteiger partial charge in [0.2, 0.25) is 0 Å². The number of aliphatic hydroxyl groups is 2. The fourth-order valence-corrected chi connectivity index (χ4v) is 3.75. The van der Waals surface area contributed by atoms with Gasteiger partial charge in [-0.25, -0.2) is 0 Å².